The highest BCUT2D eigenvalue weighted by Gasteiger charge is 2.33. The van der Waals surface area contributed by atoms with Crippen LogP contribution >= 0.6 is 22.1 Å². The van der Waals surface area contributed by atoms with E-state index in [-0.39, 0.29) is 16.7 Å². The predicted octanol–water partition coefficient (Wildman–Crippen LogP) is 3.68. The first-order chi connectivity index (χ1) is 7.16. The Hall–Kier alpha value is 0.250. The first kappa shape index (κ1) is 18.6. The zero-order valence-electron chi connectivity index (χ0n) is 11.6. The van der Waals surface area contributed by atoms with Crippen molar-refractivity contribution in [2.75, 3.05) is 6.16 Å². The third-order valence-electron chi connectivity index (χ3n) is 2.59. The molecule has 0 bridgehead atoms. The molecule has 0 aliphatic carbocycles. The van der Waals surface area contributed by atoms with Crippen LogP contribution in [0.5, 0.6) is 0 Å². The van der Waals surface area contributed by atoms with E-state index in [4.69, 9.17) is 0 Å². The van der Waals surface area contributed by atoms with Crippen molar-refractivity contribution in [1.82, 2.24) is 4.72 Å². The van der Waals surface area contributed by atoms with Crippen molar-refractivity contribution in [2.45, 2.75) is 54.4 Å². The Morgan fingerprint density at radius 3 is 1.88 bits per heavy atom. The number of carbonyl (C=O) groups excluding carboxylic acids is 1. The molecule has 4 heteroatoms. The zero-order chi connectivity index (χ0) is 13.4. The molecular formula is C12H28NOPS. The number of amides is 1. The van der Waals surface area contributed by atoms with Crippen LogP contribution < -0.4 is 4.72 Å². The third-order valence-corrected chi connectivity index (χ3v) is 2.80. The average molecular weight is 265 g/mol. The van der Waals surface area contributed by atoms with Gasteiger partial charge in [0.1, 0.15) is 0 Å². The molecule has 1 amide bonds. The van der Waals surface area contributed by atoms with Crippen molar-refractivity contribution in [3.8, 4) is 0 Å². The van der Waals surface area contributed by atoms with Crippen molar-refractivity contribution >= 4 is 28.0 Å². The Kier molecular flexibility index (Phi) is 9.72. The van der Waals surface area contributed by atoms with Crippen LogP contribution in [-0.2, 0) is 4.79 Å². The van der Waals surface area contributed by atoms with Gasteiger partial charge in [-0.15, -0.1) is 9.24 Å². The van der Waals surface area contributed by atoms with Crippen LogP contribution in [0, 0.1) is 10.8 Å². The summed E-state index contributed by atoms with van der Waals surface area (Å²) >= 11 is 3.79. The summed E-state index contributed by atoms with van der Waals surface area (Å²) in [7, 11) is 2.58. The molecule has 0 saturated carbocycles. The van der Waals surface area contributed by atoms with Gasteiger partial charge in [-0.3, -0.25) is 4.79 Å². The van der Waals surface area contributed by atoms with Crippen molar-refractivity contribution in [2.24, 2.45) is 10.8 Å². The fourth-order valence-electron chi connectivity index (χ4n) is 1.55. The van der Waals surface area contributed by atoms with Gasteiger partial charge in [0.2, 0.25) is 5.91 Å². The van der Waals surface area contributed by atoms with Crippen LogP contribution in [-0.4, -0.2) is 12.1 Å². The molecule has 0 radical (unpaired) electrons. The minimum Gasteiger partial charge on any atom is -0.302 e. The number of thiol groups is 1. The van der Waals surface area contributed by atoms with Gasteiger partial charge in [0.15, 0.2) is 0 Å². The maximum Gasteiger partial charge on any atom is 0.235 e. The normalized spacial score (nSPS) is 11.5. The molecule has 16 heavy (non-hydrogen) atoms. The second-order valence-electron chi connectivity index (χ2n) is 5.43. The molecule has 0 heterocycles. The lowest BCUT2D eigenvalue weighted by atomic mass is 9.73. The Morgan fingerprint density at radius 2 is 1.62 bits per heavy atom. The van der Waals surface area contributed by atoms with E-state index in [2.05, 4.69) is 54.5 Å². The summed E-state index contributed by atoms with van der Waals surface area (Å²) < 4.78 is 2.41. The highest BCUT2D eigenvalue weighted by Crippen LogP contribution is 2.36. The van der Waals surface area contributed by atoms with E-state index in [1.165, 1.54) is 6.16 Å². The average Bonchev–Trinajstić information content (AvgIpc) is 2.16. The van der Waals surface area contributed by atoms with Crippen LogP contribution in [0.1, 0.15) is 54.4 Å². The summed E-state index contributed by atoms with van der Waals surface area (Å²) in [4.78, 5) is 11.4. The molecule has 0 rings (SSSR count). The SMILES string of the molecule is CCC(C)(C)CC(C)(C)C(=O)NS.CCP. The monoisotopic (exact) mass is 265 g/mol. The highest BCUT2D eigenvalue weighted by molar-refractivity contribution is 7.78. The summed E-state index contributed by atoms with van der Waals surface area (Å²) in [5.41, 5.74) is -0.120. The molecule has 0 saturated heterocycles. The van der Waals surface area contributed by atoms with Crippen molar-refractivity contribution in [3.63, 3.8) is 0 Å². The molecule has 0 aromatic heterocycles. The number of hydrogen-bond acceptors (Lipinski definition) is 2. The summed E-state index contributed by atoms with van der Waals surface area (Å²) in [6.45, 7) is 12.5. The molecule has 1 unspecified atom stereocenters. The molecule has 1 N–H and O–H groups in total. The molecule has 0 spiro atoms. The number of carbonyl (C=O) groups is 1. The van der Waals surface area contributed by atoms with E-state index in [0.717, 1.165) is 12.8 Å². The van der Waals surface area contributed by atoms with Gasteiger partial charge >= 0.3 is 0 Å². The Bertz CT molecular complexity index is 205. The number of hydrogen-bond donors (Lipinski definition) is 2. The van der Waals surface area contributed by atoms with E-state index in [1.54, 1.807) is 0 Å². The van der Waals surface area contributed by atoms with Crippen LogP contribution in [0.2, 0.25) is 0 Å². The Labute approximate surface area is 109 Å². The van der Waals surface area contributed by atoms with Gasteiger partial charge in [-0.25, -0.2) is 0 Å². The highest BCUT2D eigenvalue weighted by atomic mass is 32.1. The number of rotatable bonds is 4. The van der Waals surface area contributed by atoms with Crippen LogP contribution in [0.15, 0.2) is 0 Å². The molecule has 1 atom stereocenters. The molecule has 0 aliphatic heterocycles. The first-order valence-corrected chi connectivity index (χ1v) is 7.07. The van der Waals surface area contributed by atoms with Crippen molar-refractivity contribution in [1.29, 1.82) is 0 Å². The largest absolute Gasteiger partial charge is 0.302 e. The van der Waals surface area contributed by atoms with Gasteiger partial charge in [-0.2, -0.15) is 0 Å². The summed E-state index contributed by atoms with van der Waals surface area (Å²) in [5, 5.41) is 0. The van der Waals surface area contributed by atoms with Crippen molar-refractivity contribution in [3.05, 3.63) is 0 Å². The zero-order valence-corrected chi connectivity index (χ0v) is 13.6. The van der Waals surface area contributed by atoms with Crippen molar-refractivity contribution < 1.29 is 4.79 Å². The lowest BCUT2D eigenvalue weighted by Crippen LogP contribution is -2.35. The van der Waals surface area contributed by atoms with Crippen LogP contribution in [0.3, 0.4) is 0 Å². The summed E-state index contributed by atoms with van der Waals surface area (Å²) in [6, 6.07) is 0. The quantitative estimate of drug-likeness (QED) is 0.589. The molecule has 0 aromatic rings. The topological polar surface area (TPSA) is 29.1 Å². The van der Waals surface area contributed by atoms with E-state index in [9.17, 15) is 4.79 Å². The Morgan fingerprint density at radius 1 is 1.25 bits per heavy atom. The standard InChI is InChI=1S/C10H21NOS.C2H7P/c1-6-9(2,3)7-10(4,5)8(12)11-13;1-2-3/h13H,6-7H2,1-5H3,(H,11,12);2-3H2,1H3. The minimum atomic E-state index is -0.332. The fourth-order valence-corrected chi connectivity index (χ4v) is 1.86. The summed E-state index contributed by atoms with van der Waals surface area (Å²) in [5.74, 6) is -0.00245. The van der Waals surface area contributed by atoms with Gasteiger partial charge in [-0.05, 0) is 18.0 Å². The van der Waals surface area contributed by atoms with E-state index < -0.39 is 0 Å². The van der Waals surface area contributed by atoms with Gasteiger partial charge in [0.25, 0.3) is 0 Å². The lowest BCUT2D eigenvalue weighted by Gasteiger charge is -2.32. The molecule has 0 aromatic carbocycles. The smallest absolute Gasteiger partial charge is 0.235 e. The van der Waals surface area contributed by atoms with Gasteiger partial charge in [-0.1, -0.05) is 60.8 Å². The molecular weight excluding hydrogens is 237 g/mol. The lowest BCUT2D eigenvalue weighted by molar-refractivity contribution is -0.128. The predicted molar refractivity (Wildman–Crippen MR) is 79.8 cm³/mol. The van der Waals surface area contributed by atoms with E-state index in [0.29, 0.717) is 0 Å². The molecule has 98 valence electrons. The van der Waals surface area contributed by atoms with Gasteiger partial charge in [0.05, 0.1) is 0 Å². The van der Waals surface area contributed by atoms with E-state index in [1.807, 2.05) is 13.8 Å². The maximum absolute atomic E-state index is 11.4. The third kappa shape index (κ3) is 8.41. The van der Waals surface area contributed by atoms with Crippen LogP contribution in [0.25, 0.3) is 0 Å². The van der Waals surface area contributed by atoms with E-state index >= 15 is 0 Å². The van der Waals surface area contributed by atoms with Crippen LogP contribution in [0.4, 0.5) is 0 Å². The maximum atomic E-state index is 11.4. The van der Waals surface area contributed by atoms with Gasteiger partial charge < -0.3 is 4.72 Å². The molecule has 2 nitrogen and oxygen atoms in total. The fraction of sp³-hybridized carbons (Fsp3) is 0.917. The molecule has 0 fully saturated rings. The Balaban J connectivity index is 0. The number of nitrogens with one attached hydrogen (secondary N) is 1. The summed E-state index contributed by atoms with van der Waals surface area (Å²) in [6.07, 6.45) is 3.12. The minimum absolute atomic E-state index is 0.00245. The molecule has 0 aliphatic rings. The second-order valence-corrected chi connectivity index (χ2v) is 6.47. The second kappa shape index (κ2) is 8.36. The van der Waals surface area contributed by atoms with Gasteiger partial charge in [0, 0.05) is 5.41 Å². The first-order valence-electron chi connectivity index (χ1n) is 5.81.